The smallest absolute Gasteiger partial charge is 0.305 e. The predicted octanol–water partition coefficient (Wildman–Crippen LogP) is 0.316. The van der Waals surface area contributed by atoms with Crippen molar-refractivity contribution < 1.29 is 8.42 Å². The molecule has 22 heavy (non-hydrogen) atoms. The van der Waals surface area contributed by atoms with Gasteiger partial charge < -0.3 is 9.13 Å². The van der Waals surface area contributed by atoms with Crippen LogP contribution in [0.3, 0.4) is 0 Å². The summed E-state index contributed by atoms with van der Waals surface area (Å²) in [4.78, 5) is 23.7. The zero-order chi connectivity index (χ0) is 16.5. The van der Waals surface area contributed by atoms with Crippen molar-refractivity contribution in [3.8, 4) is 0 Å². The highest BCUT2D eigenvalue weighted by Crippen LogP contribution is 2.16. The molecule has 0 radical (unpaired) electrons. The maximum atomic E-state index is 12.2. The number of hydrogen-bond acceptors (Lipinski definition) is 4. The number of sulfonamides is 1. The summed E-state index contributed by atoms with van der Waals surface area (Å²) in [6, 6.07) is 4.37. The summed E-state index contributed by atoms with van der Waals surface area (Å²) in [7, 11) is -0.692. The molecule has 2 aromatic rings. The quantitative estimate of drug-likeness (QED) is 0.633. The van der Waals surface area contributed by atoms with E-state index in [4.69, 9.17) is 0 Å². The number of rotatable bonds is 5. The minimum absolute atomic E-state index is 0.0738. The van der Waals surface area contributed by atoms with Crippen LogP contribution in [0.25, 0.3) is 11.0 Å². The average molecular weight is 325 g/mol. The summed E-state index contributed by atoms with van der Waals surface area (Å²) in [5, 5.41) is 0. The van der Waals surface area contributed by atoms with Crippen molar-refractivity contribution in [1.29, 1.82) is 0 Å². The monoisotopic (exact) mass is 325 g/mol. The van der Waals surface area contributed by atoms with Crippen molar-refractivity contribution in [2.75, 3.05) is 6.54 Å². The summed E-state index contributed by atoms with van der Waals surface area (Å²) >= 11 is 0. The number of hydrogen-bond donors (Lipinski definition) is 1. The van der Waals surface area contributed by atoms with Crippen LogP contribution in [0.5, 0.6) is 0 Å². The fourth-order valence-corrected chi connectivity index (χ4v) is 3.29. The Morgan fingerprint density at radius 2 is 1.64 bits per heavy atom. The van der Waals surface area contributed by atoms with Crippen LogP contribution in [0.1, 0.15) is 19.8 Å². The molecule has 0 unspecified atom stereocenters. The van der Waals surface area contributed by atoms with E-state index in [1.165, 1.54) is 41.4 Å². The summed E-state index contributed by atoms with van der Waals surface area (Å²) < 4.78 is 29.4. The van der Waals surface area contributed by atoms with Crippen LogP contribution in [0.15, 0.2) is 32.7 Å². The SMILES string of the molecule is CCCCNS(=O)(=O)c1ccc2c(c1)n(C)c(=O)c(=O)n2C. The first kappa shape index (κ1) is 16.4. The summed E-state index contributed by atoms with van der Waals surface area (Å²) in [6.45, 7) is 2.34. The summed E-state index contributed by atoms with van der Waals surface area (Å²) in [5.74, 6) is 0. The first-order chi connectivity index (χ1) is 10.3. The van der Waals surface area contributed by atoms with E-state index in [9.17, 15) is 18.0 Å². The van der Waals surface area contributed by atoms with Gasteiger partial charge in [-0.1, -0.05) is 13.3 Å². The van der Waals surface area contributed by atoms with E-state index < -0.39 is 21.1 Å². The van der Waals surface area contributed by atoms with Gasteiger partial charge >= 0.3 is 11.1 Å². The molecule has 0 saturated heterocycles. The molecule has 8 heteroatoms. The molecule has 0 bridgehead atoms. The van der Waals surface area contributed by atoms with Gasteiger partial charge in [-0.15, -0.1) is 0 Å². The van der Waals surface area contributed by atoms with Crippen molar-refractivity contribution in [1.82, 2.24) is 13.9 Å². The highest BCUT2D eigenvalue weighted by molar-refractivity contribution is 7.89. The molecule has 0 fully saturated rings. The fourth-order valence-electron chi connectivity index (χ4n) is 2.20. The first-order valence-electron chi connectivity index (χ1n) is 6.99. The molecule has 0 aliphatic carbocycles. The predicted molar refractivity (Wildman–Crippen MR) is 84.5 cm³/mol. The van der Waals surface area contributed by atoms with Crippen LogP contribution in [0, 0.1) is 0 Å². The van der Waals surface area contributed by atoms with Crippen LogP contribution in [-0.4, -0.2) is 24.1 Å². The van der Waals surface area contributed by atoms with Crippen LogP contribution in [0.4, 0.5) is 0 Å². The first-order valence-corrected chi connectivity index (χ1v) is 8.47. The standard InChI is InChI=1S/C14H19N3O4S/c1-4-5-8-15-22(20,21)10-6-7-11-12(9-10)17(3)14(19)13(18)16(11)2/h6-7,9,15H,4-5,8H2,1-3H3. The minimum Gasteiger partial charge on any atom is -0.305 e. The Morgan fingerprint density at radius 3 is 2.23 bits per heavy atom. The van der Waals surface area contributed by atoms with Crippen molar-refractivity contribution in [2.24, 2.45) is 14.1 Å². The highest BCUT2D eigenvalue weighted by atomic mass is 32.2. The molecule has 1 aromatic heterocycles. The van der Waals surface area contributed by atoms with Gasteiger partial charge in [0.1, 0.15) is 0 Å². The maximum Gasteiger partial charge on any atom is 0.316 e. The van der Waals surface area contributed by atoms with Crippen LogP contribution >= 0.6 is 0 Å². The third-order valence-electron chi connectivity index (χ3n) is 3.59. The molecule has 1 heterocycles. The Kier molecular flexibility index (Phi) is 4.52. The number of nitrogens with one attached hydrogen (secondary N) is 1. The molecule has 0 aliphatic rings. The third-order valence-corrected chi connectivity index (χ3v) is 5.05. The molecule has 0 atom stereocenters. The van der Waals surface area contributed by atoms with Gasteiger partial charge in [-0.05, 0) is 24.6 Å². The van der Waals surface area contributed by atoms with E-state index in [0.717, 1.165) is 12.8 Å². The molecule has 1 N–H and O–H groups in total. The Balaban J connectivity index is 2.61. The Hall–Kier alpha value is -1.93. The Bertz CT molecular complexity index is 925. The average Bonchev–Trinajstić information content (AvgIpc) is 2.50. The lowest BCUT2D eigenvalue weighted by molar-refractivity contribution is 0.578. The van der Waals surface area contributed by atoms with E-state index in [2.05, 4.69) is 4.72 Å². The molecular weight excluding hydrogens is 306 g/mol. The van der Waals surface area contributed by atoms with E-state index in [1.807, 2.05) is 6.92 Å². The number of unbranched alkanes of at least 4 members (excludes halogenated alkanes) is 1. The molecule has 0 aliphatic heterocycles. The Morgan fingerprint density at radius 1 is 1.05 bits per heavy atom. The number of aromatic nitrogens is 2. The second-order valence-electron chi connectivity index (χ2n) is 5.13. The zero-order valence-electron chi connectivity index (χ0n) is 12.8. The van der Waals surface area contributed by atoms with E-state index >= 15 is 0 Å². The fraction of sp³-hybridized carbons (Fsp3) is 0.429. The lowest BCUT2D eigenvalue weighted by Crippen LogP contribution is -2.39. The van der Waals surface area contributed by atoms with Crippen LogP contribution in [-0.2, 0) is 24.1 Å². The van der Waals surface area contributed by atoms with Crippen molar-refractivity contribution in [3.63, 3.8) is 0 Å². The molecular formula is C14H19N3O4S. The zero-order valence-corrected chi connectivity index (χ0v) is 13.6. The molecule has 0 amide bonds. The topological polar surface area (TPSA) is 90.2 Å². The molecule has 0 saturated carbocycles. The normalized spacial score (nSPS) is 12.0. The minimum atomic E-state index is -3.63. The summed E-state index contributed by atoms with van der Waals surface area (Å²) in [5.41, 5.74) is -0.444. The van der Waals surface area contributed by atoms with Gasteiger partial charge in [0.15, 0.2) is 0 Å². The van der Waals surface area contributed by atoms with Gasteiger partial charge in [-0.3, -0.25) is 9.59 Å². The van der Waals surface area contributed by atoms with E-state index in [1.54, 1.807) is 0 Å². The molecule has 2 rings (SSSR count). The number of fused-ring (bicyclic) bond motifs is 1. The van der Waals surface area contributed by atoms with E-state index in [-0.39, 0.29) is 4.90 Å². The van der Waals surface area contributed by atoms with Gasteiger partial charge in [0, 0.05) is 20.6 Å². The second-order valence-corrected chi connectivity index (χ2v) is 6.90. The van der Waals surface area contributed by atoms with Gasteiger partial charge in [0.05, 0.1) is 15.9 Å². The molecule has 0 spiro atoms. The largest absolute Gasteiger partial charge is 0.316 e. The van der Waals surface area contributed by atoms with Crippen molar-refractivity contribution >= 4 is 21.1 Å². The van der Waals surface area contributed by atoms with E-state index in [0.29, 0.717) is 17.6 Å². The van der Waals surface area contributed by atoms with Crippen molar-refractivity contribution in [2.45, 2.75) is 24.7 Å². The van der Waals surface area contributed by atoms with Gasteiger partial charge in [-0.25, -0.2) is 13.1 Å². The maximum absolute atomic E-state index is 12.2. The van der Waals surface area contributed by atoms with Gasteiger partial charge in [-0.2, -0.15) is 0 Å². The lowest BCUT2D eigenvalue weighted by atomic mass is 10.3. The van der Waals surface area contributed by atoms with Crippen molar-refractivity contribution in [3.05, 3.63) is 38.9 Å². The lowest BCUT2D eigenvalue weighted by Gasteiger charge is -2.11. The molecule has 1 aromatic carbocycles. The molecule has 7 nitrogen and oxygen atoms in total. The number of aryl methyl sites for hydroxylation is 2. The van der Waals surface area contributed by atoms with Crippen LogP contribution < -0.4 is 15.8 Å². The van der Waals surface area contributed by atoms with Gasteiger partial charge in [0.2, 0.25) is 10.0 Å². The summed E-state index contributed by atoms with van der Waals surface area (Å²) in [6.07, 6.45) is 1.64. The third kappa shape index (κ3) is 2.84. The number of benzene rings is 1. The highest BCUT2D eigenvalue weighted by Gasteiger charge is 2.16. The Labute approximate surface area is 128 Å². The number of nitrogens with zero attached hydrogens (tertiary/aromatic N) is 2. The van der Waals surface area contributed by atoms with Crippen LogP contribution in [0.2, 0.25) is 0 Å². The second kappa shape index (κ2) is 6.05. The molecule has 120 valence electrons. The van der Waals surface area contributed by atoms with Gasteiger partial charge in [0.25, 0.3) is 0 Å².